The van der Waals surface area contributed by atoms with E-state index in [2.05, 4.69) is 25.3 Å². The number of pyridine rings is 2. The average molecular weight is 489 g/mol. The van der Waals surface area contributed by atoms with E-state index in [1.807, 2.05) is 13.0 Å². The van der Waals surface area contributed by atoms with Gasteiger partial charge in [0, 0.05) is 38.0 Å². The highest BCUT2D eigenvalue weighted by atomic mass is 16.2. The van der Waals surface area contributed by atoms with E-state index in [1.165, 1.54) is 24.3 Å². The van der Waals surface area contributed by atoms with Gasteiger partial charge in [-0.25, -0.2) is 19.7 Å². The van der Waals surface area contributed by atoms with E-state index in [9.17, 15) is 14.4 Å². The Hall–Kier alpha value is -4.41. The summed E-state index contributed by atoms with van der Waals surface area (Å²) < 4.78 is 0. The number of nitrogen functional groups attached to an aromatic ring is 1. The van der Waals surface area contributed by atoms with E-state index >= 15 is 0 Å². The molecule has 1 unspecified atom stereocenters. The van der Waals surface area contributed by atoms with Crippen molar-refractivity contribution >= 4 is 29.6 Å². The summed E-state index contributed by atoms with van der Waals surface area (Å²) >= 11 is 0. The number of amides is 4. The number of urea groups is 1. The van der Waals surface area contributed by atoms with Crippen molar-refractivity contribution in [3.63, 3.8) is 0 Å². The number of aromatic nitrogens is 4. The normalized spacial score (nSPS) is 17.7. The molecule has 4 rings (SSSR count). The third-order valence-corrected chi connectivity index (χ3v) is 6.13. The van der Waals surface area contributed by atoms with Gasteiger partial charge in [-0.05, 0) is 48.2 Å². The van der Waals surface area contributed by atoms with Crippen LogP contribution in [0.15, 0.2) is 61.3 Å². The number of nitrogens with zero attached hydrogens (tertiary/aromatic N) is 6. The predicted octanol–water partition coefficient (Wildman–Crippen LogP) is 2.13. The maximum Gasteiger partial charge on any atom is 0.325 e. The second-order valence-corrected chi connectivity index (χ2v) is 8.58. The number of nitrogens with one attached hydrogen (secondary N) is 1. The molecule has 0 aliphatic carbocycles. The Kier molecular flexibility index (Phi) is 7.47. The highest BCUT2D eigenvalue weighted by Crippen LogP contribution is 2.33. The van der Waals surface area contributed by atoms with E-state index in [0.29, 0.717) is 12.2 Å². The van der Waals surface area contributed by atoms with Crippen molar-refractivity contribution in [2.24, 2.45) is 5.92 Å². The maximum atomic E-state index is 13.6. The van der Waals surface area contributed by atoms with Crippen molar-refractivity contribution in [3.8, 4) is 0 Å². The van der Waals surface area contributed by atoms with Crippen LogP contribution in [-0.2, 0) is 16.0 Å². The van der Waals surface area contributed by atoms with Crippen LogP contribution in [-0.4, -0.2) is 55.8 Å². The van der Waals surface area contributed by atoms with E-state index in [4.69, 9.17) is 5.73 Å². The molecule has 1 fully saturated rings. The van der Waals surface area contributed by atoms with Crippen LogP contribution in [0.5, 0.6) is 0 Å². The molecule has 3 aromatic rings. The maximum absolute atomic E-state index is 13.6. The van der Waals surface area contributed by atoms with Crippen molar-refractivity contribution in [1.82, 2.24) is 30.2 Å². The summed E-state index contributed by atoms with van der Waals surface area (Å²) in [6.45, 7) is 2.00. The zero-order valence-corrected chi connectivity index (χ0v) is 20.1. The van der Waals surface area contributed by atoms with E-state index < -0.39 is 29.8 Å². The highest BCUT2D eigenvalue weighted by Gasteiger charge is 2.55. The molecule has 1 aliphatic heterocycles. The van der Waals surface area contributed by atoms with Gasteiger partial charge in [0.25, 0.3) is 5.91 Å². The number of anilines is 2. The van der Waals surface area contributed by atoms with Gasteiger partial charge in [-0.15, -0.1) is 0 Å². The number of likely N-dealkylation sites (tertiary alicyclic amines) is 1. The van der Waals surface area contributed by atoms with E-state index in [1.54, 1.807) is 42.9 Å². The fraction of sp³-hybridized carbons (Fsp3) is 0.320. The molecule has 11 nitrogen and oxygen atoms in total. The monoisotopic (exact) mass is 488 g/mol. The molecular weight excluding hydrogens is 460 g/mol. The lowest BCUT2D eigenvalue weighted by atomic mass is 9.81. The summed E-state index contributed by atoms with van der Waals surface area (Å²) in [6.07, 6.45) is 9.59. The van der Waals surface area contributed by atoms with Crippen molar-refractivity contribution in [3.05, 3.63) is 72.4 Å². The summed E-state index contributed by atoms with van der Waals surface area (Å²) in [5, 5.41) is 2.92. The third kappa shape index (κ3) is 5.14. The average Bonchev–Trinajstić information content (AvgIpc) is 2.90. The molecule has 186 valence electrons. The Labute approximate surface area is 208 Å². The van der Waals surface area contributed by atoms with E-state index in [-0.39, 0.29) is 18.4 Å². The number of nitrogens with two attached hydrogens (primary N) is 1. The molecular formula is C25H28N8O3. The first-order valence-electron chi connectivity index (χ1n) is 11.7. The van der Waals surface area contributed by atoms with Gasteiger partial charge in [0.2, 0.25) is 11.9 Å². The lowest BCUT2D eigenvalue weighted by Gasteiger charge is -2.45. The van der Waals surface area contributed by atoms with Gasteiger partial charge in [-0.1, -0.05) is 19.4 Å². The summed E-state index contributed by atoms with van der Waals surface area (Å²) in [4.78, 5) is 58.8. The smallest absolute Gasteiger partial charge is 0.325 e. The number of rotatable bonds is 8. The Balaban J connectivity index is 1.60. The van der Waals surface area contributed by atoms with Crippen LogP contribution < -0.4 is 16.0 Å². The number of carbonyl (C=O) groups is 3. The predicted molar refractivity (Wildman–Crippen MR) is 132 cm³/mol. The zero-order chi connectivity index (χ0) is 25.7. The fourth-order valence-corrected chi connectivity index (χ4v) is 4.30. The second-order valence-electron chi connectivity index (χ2n) is 8.58. The van der Waals surface area contributed by atoms with Crippen LogP contribution in [0.25, 0.3) is 0 Å². The highest BCUT2D eigenvalue weighted by molar-refractivity contribution is 6.12. The van der Waals surface area contributed by atoms with Crippen LogP contribution in [0.4, 0.5) is 16.6 Å². The number of carbonyl (C=O) groups excluding carboxylic acids is 3. The molecule has 0 radical (unpaired) electrons. The van der Waals surface area contributed by atoms with Crippen LogP contribution in [0.3, 0.4) is 0 Å². The molecule has 36 heavy (non-hydrogen) atoms. The summed E-state index contributed by atoms with van der Waals surface area (Å²) in [5.41, 5.74) is 7.36. The Morgan fingerprint density at radius 1 is 1.14 bits per heavy atom. The number of hydrogen-bond acceptors (Lipinski definition) is 8. The molecule has 0 bridgehead atoms. The first-order valence-corrected chi connectivity index (χ1v) is 11.7. The van der Waals surface area contributed by atoms with Gasteiger partial charge < -0.3 is 11.1 Å². The standard InChI is InChI=1S/C25H28N8O3/c1-3-6-19(17-7-4-9-27-15-17)31-25(36)33-21(23(35)32(2)24-29-10-5-11-30-24)18(22(33)34)13-16-8-12-28-20(26)14-16/h4-5,7-12,14-15,18-19,21H,3,6,13H2,1-2H3,(H2,26,28)(H,31,36)/t18-,19?,21+/m1/s1. The second kappa shape index (κ2) is 10.9. The minimum absolute atomic E-state index is 0.174. The van der Waals surface area contributed by atoms with Crippen LogP contribution in [0.2, 0.25) is 0 Å². The number of likely N-dealkylation sites (N-methyl/N-ethyl adjacent to an activating group) is 1. The zero-order valence-electron chi connectivity index (χ0n) is 20.1. The summed E-state index contributed by atoms with van der Waals surface area (Å²) in [7, 11) is 1.52. The SMILES string of the molecule is CCCC(NC(=O)N1C(=O)[C@H](Cc2ccnc(N)c2)[C@H]1C(=O)N(C)c1ncccn1)c1cccnc1. The Morgan fingerprint density at radius 3 is 2.58 bits per heavy atom. The van der Waals surface area contributed by atoms with Gasteiger partial charge >= 0.3 is 6.03 Å². The van der Waals surface area contributed by atoms with Crippen molar-refractivity contribution in [2.45, 2.75) is 38.3 Å². The van der Waals surface area contributed by atoms with Crippen molar-refractivity contribution in [1.29, 1.82) is 0 Å². The minimum Gasteiger partial charge on any atom is -0.384 e. The quantitative estimate of drug-likeness (QED) is 0.458. The van der Waals surface area contributed by atoms with Crippen molar-refractivity contribution in [2.75, 3.05) is 17.7 Å². The minimum atomic E-state index is -1.03. The lowest BCUT2D eigenvalue weighted by Crippen LogP contribution is -2.70. The van der Waals surface area contributed by atoms with Crippen molar-refractivity contribution < 1.29 is 14.4 Å². The largest absolute Gasteiger partial charge is 0.384 e. The molecule has 3 atom stereocenters. The molecule has 4 amide bonds. The van der Waals surface area contributed by atoms with Gasteiger partial charge in [0.05, 0.1) is 12.0 Å². The summed E-state index contributed by atoms with van der Waals surface area (Å²) in [6, 6.07) is 6.66. The van der Waals surface area contributed by atoms with Gasteiger partial charge in [-0.2, -0.15) is 0 Å². The van der Waals surface area contributed by atoms with Crippen LogP contribution in [0.1, 0.15) is 36.9 Å². The lowest BCUT2D eigenvalue weighted by molar-refractivity contribution is -0.156. The number of hydrogen-bond donors (Lipinski definition) is 2. The van der Waals surface area contributed by atoms with Gasteiger partial charge in [0.1, 0.15) is 11.9 Å². The molecule has 0 aromatic carbocycles. The molecule has 11 heteroatoms. The van der Waals surface area contributed by atoms with E-state index in [0.717, 1.165) is 22.4 Å². The first-order chi connectivity index (χ1) is 17.4. The molecule has 4 heterocycles. The van der Waals surface area contributed by atoms with Crippen LogP contribution >= 0.6 is 0 Å². The first kappa shape index (κ1) is 24.7. The summed E-state index contributed by atoms with van der Waals surface area (Å²) in [5.74, 6) is -1.17. The van der Waals surface area contributed by atoms with Crippen LogP contribution in [0, 0.1) is 5.92 Å². The van der Waals surface area contributed by atoms with Gasteiger partial charge in [0.15, 0.2) is 0 Å². The molecule has 0 saturated carbocycles. The molecule has 1 aliphatic rings. The molecule has 3 aromatic heterocycles. The van der Waals surface area contributed by atoms with Gasteiger partial charge in [-0.3, -0.25) is 24.4 Å². The number of imide groups is 1. The number of β-lactam (4-membered cyclic amide) rings is 1. The Bertz CT molecular complexity index is 1220. The third-order valence-electron chi connectivity index (χ3n) is 6.13. The molecule has 0 spiro atoms. The molecule has 1 saturated heterocycles. The molecule has 3 N–H and O–H groups in total. The fourth-order valence-electron chi connectivity index (χ4n) is 4.30. The Morgan fingerprint density at radius 2 is 1.92 bits per heavy atom. The topological polar surface area (TPSA) is 147 Å².